The number of non-ortho nitro benzene ring substituents is 1. The summed E-state index contributed by atoms with van der Waals surface area (Å²) in [5.74, 6) is -0.875. The first-order chi connectivity index (χ1) is 9.97. The smallest absolute Gasteiger partial charge is 0.317 e. The van der Waals surface area contributed by atoms with Gasteiger partial charge in [0.05, 0.1) is 16.5 Å². The minimum atomic E-state index is -0.875. The molecule has 0 aromatic heterocycles. The van der Waals surface area contributed by atoms with Crippen molar-refractivity contribution >= 4 is 23.3 Å². The summed E-state index contributed by atoms with van der Waals surface area (Å²) in [6, 6.07) is 4.55. The number of benzene rings is 1. The van der Waals surface area contributed by atoms with Gasteiger partial charge in [-0.25, -0.2) is 0 Å². The van der Waals surface area contributed by atoms with Crippen molar-refractivity contribution in [3.8, 4) is 0 Å². The highest BCUT2D eigenvalue weighted by Crippen LogP contribution is 2.28. The summed E-state index contributed by atoms with van der Waals surface area (Å²) in [4.78, 5) is 23.1. The Morgan fingerprint density at radius 3 is 2.62 bits per heavy atom. The molecule has 0 unspecified atom stereocenters. The molecule has 6 nitrogen and oxygen atoms in total. The van der Waals surface area contributed by atoms with Crippen LogP contribution in [0, 0.1) is 10.1 Å². The van der Waals surface area contributed by atoms with E-state index in [9.17, 15) is 14.9 Å². The lowest BCUT2D eigenvalue weighted by atomic mass is 10.1. The lowest BCUT2D eigenvalue weighted by Crippen LogP contribution is -2.37. The second kappa shape index (κ2) is 6.87. The number of nitro benzene ring substituents is 1. The van der Waals surface area contributed by atoms with E-state index in [0.717, 1.165) is 31.2 Å². The third-order valence-corrected chi connectivity index (χ3v) is 4.15. The Labute approximate surface area is 127 Å². The third kappa shape index (κ3) is 4.15. The zero-order valence-corrected chi connectivity index (χ0v) is 12.3. The maximum Gasteiger partial charge on any atom is 0.317 e. The number of carboxylic acids is 1. The molecule has 0 atom stereocenters. The fourth-order valence-electron chi connectivity index (χ4n) is 2.75. The van der Waals surface area contributed by atoms with Crippen LogP contribution >= 0.6 is 11.6 Å². The van der Waals surface area contributed by atoms with Gasteiger partial charge in [-0.2, -0.15) is 0 Å². The number of halogens is 1. The third-order valence-electron chi connectivity index (χ3n) is 3.80. The van der Waals surface area contributed by atoms with Crippen LogP contribution in [0.3, 0.4) is 0 Å². The second-order valence-electron chi connectivity index (χ2n) is 5.27. The lowest BCUT2D eigenvalue weighted by Gasteiger charge is -2.27. The van der Waals surface area contributed by atoms with E-state index in [4.69, 9.17) is 16.7 Å². The average molecular weight is 313 g/mol. The van der Waals surface area contributed by atoms with Gasteiger partial charge in [-0.05, 0) is 24.5 Å². The minimum absolute atomic E-state index is 0.0437. The molecule has 0 bridgehead atoms. The van der Waals surface area contributed by atoms with Gasteiger partial charge >= 0.3 is 5.97 Å². The van der Waals surface area contributed by atoms with Crippen LogP contribution < -0.4 is 0 Å². The second-order valence-corrected chi connectivity index (χ2v) is 5.68. The molecule has 1 saturated carbocycles. The monoisotopic (exact) mass is 312 g/mol. The molecule has 0 spiro atoms. The van der Waals surface area contributed by atoms with Gasteiger partial charge in [0, 0.05) is 24.7 Å². The lowest BCUT2D eigenvalue weighted by molar-refractivity contribution is -0.384. The zero-order chi connectivity index (χ0) is 15.4. The predicted octanol–water partition coefficient (Wildman–Crippen LogP) is 3.08. The van der Waals surface area contributed by atoms with Crippen LogP contribution in [0.15, 0.2) is 18.2 Å². The molecule has 2 rings (SSSR count). The highest BCUT2D eigenvalue weighted by atomic mass is 35.5. The van der Waals surface area contributed by atoms with Crippen LogP contribution in [-0.2, 0) is 11.3 Å². The molecule has 0 saturated heterocycles. The summed E-state index contributed by atoms with van der Waals surface area (Å²) in [5, 5.41) is 20.0. The number of nitrogens with zero attached hydrogens (tertiary/aromatic N) is 2. The quantitative estimate of drug-likeness (QED) is 0.644. The summed E-state index contributed by atoms with van der Waals surface area (Å²) in [6.07, 6.45) is 4.18. The van der Waals surface area contributed by atoms with Gasteiger partial charge in [0.15, 0.2) is 0 Å². The van der Waals surface area contributed by atoms with E-state index in [1.54, 1.807) is 6.07 Å². The van der Waals surface area contributed by atoms with E-state index in [1.165, 1.54) is 12.1 Å². The van der Waals surface area contributed by atoms with Crippen molar-refractivity contribution in [3.05, 3.63) is 38.9 Å². The zero-order valence-electron chi connectivity index (χ0n) is 11.5. The summed E-state index contributed by atoms with van der Waals surface area (Å²) in [6.45, 7) is 0.353. The molecular formula is C14H17ClN2O4. The van der Waals surface area contributed by atoms with Crippen LogP contribution in [0.4, 0.5) is 5.69 Å². The Morgan fingerprint density at radius 1 is 1.43 bits per heavy atom. The molecule has 1 N–H and O–H groups in total. The van der Waals surface area contributed by atoms with Gasteiger partial charge in [0.1, 0.15) is 0 Å². The SMILES string of the molecule is O=C(O)CN(Cc1ccc([N+](=O)[O-])cc1Cl)C1CCCC1. The summed E-state index contributed by atoms with van der Waals surface area (Å²) < 4.78 is 0. The van der Waals surface area contributed by atoms with E-state index in [1.807, 2.05) is 4.90 Å². The number of nitro groups is 1. The molecule has 1 aromatic rings. The first-order valence-corrected chi connectivity index (χ1v) is 7.24. The van der Waals surface area contributed by atoms with Crippen molar-refractivity contribution in [1.82, 2.24) is 4.90 Å². The molecule has 21 heavy (non-hydrogen) atoms. The van der Waals surface area contributed by atoms with Crippen LogP contribution in [0.5, 0.6) is 0 Å². The van der Waals surface area contributed by atoms with Crippen LogP contribution in [0.25, 0.3) is 0 Å². The number of carboxylic acid groups (broad SMARTS) is 1. The molecule has 0 aliphatic heterocycles. The number of aliphatic carboxylic acids is 1. The molecule has 7 heteroatoms. The van der Waals surface area contributed by atoms with Gasteiger partial charge < -0.3 is 5.11 Å². The Balaban J connectivity index is 2.15. The van der Waals surface area contributed by atoms with Crippen molar-refractivity contribution in [2.45, 2.75) is 38.3 Å². The van der Waals surface area contributed by atoms with Crippen molar-refractivity contribution in [2.75, 3.05) is 6.54 Å². The fraction of sp³-hybridized carbons (Fsp3) is 0.500. The van der Waals surface area contributed by atoms with E-state index in [0.29, 0.717) is 11.6 Å². The maximum absolute atomic E-state index is 11.0. The van der Waals surface area contributed by atoms with Gasteiger partial charge in [-0.1, -0.05) is 24.4 Å². The van der Waals surface area contributed by atoms with Crippen LogP contribution in [0.1, 0.15) is 31.2 Å². The first kappa shape index (κ1) is 15.7. The Morgan fingerprint density at radius 2 is 2.10 bits per heavy atom. The number of carbonyl (C=O) groups is 1. The summed E-state index contributed by atoms with van der Waals surface area (Å²) in [7, 11) is 0. The Bertz CT molecular complexity index is 544. The van der Waals surface area contributed by atoms with Crippen LogP contribution in [-0.4, -0.2) is 33.5 Å². The fourth-order valence-corrected chi connectivity index (χ4v) is 2.99. The van der Waals surface area contributed by atoms with Crippen LogP contribution in [0.2, 0.25) is 5.02 Å². The molecule has 1 aliphatic carbocycles. The number of rotatable bonds is 6. The molecular weight excluding hydrogens is 296 g/mol. The van der Waals surface area contributed by atoms with Crippen molar-refractivity contribution in [2.24, 2.45) is 0 Å². The van der Waals surface area contributed by atoms with E-state index in [2.05, 4.69) is 0 Å². The van der Waals surface area contributed by atoms with E-state index < -0.39 is 10.9 Å². The predicted molar refractivity (Wildman–Crippen MR) is 78.4 cm³/mol. The standard InChI is InChI=1S/C14H17ClN2O4/c15-13-7-12(17(20)21)6-5-10(13)8-16(9-14(18)19)11-3-1-2-4-11/h5-7,11H,1-4,8-9H2,(H,18,19). The van der Waals surface area contributed by atoms with Crippen molar-refractivity contribution < 1.29 is 14.8 Å². The Kier molecular flexibility index (Phi) is 5.14. The van der Waals surface area contributed by atoms with Gasteiger partial charge in [-0.15, -0.1) is 0 Å². The highest BCUT2D eigenvalue weighted by Gasteiger charge is 2.25. The molecule has 1 aromatic carbocycles. The van der Waals surface area contributed by atoms with Gasteiger partial charge in [0.2, 0.25) is 0 Å². The molecule has 1 fully saturated rings. The van der Waals surface area contributed by atoms with E-state index in [-0.39, 0.29) is 18.3 Å². The highest BCUT2D eigenvalue weighted by molar-refractivity contribution is 6.31. The largest absolute Gasteiger partial charge is 0.480 e. The molecule has 114 valence electrons. The summed E-state index contributed by atoms with van der Waals surface area (Å²) >= 11 is 6.08. The molecule has 1 aliphatic rings. The normalized spacial score (nSPS) is 15.5. The maximum atomic E-state index is 11.0. The number of hydrogen-bond donors (Lipinski definition) is 1. The van der Waals surface area contributed by atoms with E-state index >= 15 is 0 Å². The number of hydrogen-bond acceptors (Lipinski definition) is 4. The minimum Gasteiger partial charge on any atom is -0.480 e. The molecule has 0 heterocycles. The molecule has 0 radical (unpaired) electrons. The van der Waals surface area contributed by atoms with Gasteiger partial charge in [0.25, 0.3) is 5.69 Å². The first-order valence-electron chi connectivity index (χ1n) is 6.86. The Hall–Kier alpha value is -1.66. The summed E-state index contributed by atoms with van der Waals surface area (Å²) in [5.41, 5.74) is 0.657. The topological polar surface area (TPSA) is 83.7 Å². The van der Waals surface area contributed by atoms with Crippen molar-refractivity contribution in [1.29, 1.82) is 0 Å². The van der Waals surface area contributed by atoms with Gasteiger partial charge in [-0.3, -0.25) is 19.8 Å². The van der Waals surface area contributed by atoms with Crippen molar-refractivity contribution in [3.63, 3.8) is 0 Å². The molecule has 0 amide bonds. The average Bonchev–Trinajstić information content (AvgIpc) is 2.93.